The van der Waals surface area contributed by atoms with E-state index in [1.54, 1.807) is 30.1 Å². The molecular formula is C13H16BrN3O2. The highest BCUT2D eigenvalue weighted by Gasteiger charge is 2.41. The molecule has 0 saturated carbocycles. The molecule has 1 aromatic rings. The molecule has 1 N–H and O–H groups in total. The number of likely N-dealkylation sites (tertiary alicyclic amines) is 1. The molecular weight excluding hydrogens is 310 g/mol. The maximum absolute atomic E-state index is 12.3. The van der Waals surface area contributed by atoms with Crippen LogP contribution in [0.3, 0.4) is 0 Å². The zero-order chi connectivity index (χ0) is 14.0. The molecule has 2 heterocycles. The Morgan fingerprint density at radius 1 is 1.47 bits per heavy atom. The third-order valence-corrected chi connectivity index (χ3v) is 3.91. The molecule has 19 heavy (non-hydrogen) atoms. The summed E-state index contributed by atoms with van der Waals surface area (Å²) in [6, 6.07) is 5.23. The minimum absolute atomic E-state index is 0.0231. The van der Waals surface area contributed by atoms with E-state index in [-0.39, 0.29) is 11.8 Å². The molecule has 102 valence electrons. The number of pyridine rings is 1. The van der Waals surface area contributed by atoms with Gasteiger partial charge in [-0.3, -0.25) is 9.59 Å². The van der Waals surface area contributed by atoms with Gasteiger partial charge in [0.1, 0.15) is 10.3 Å². The molecule has 0 bridgehead atoms. The van der Waals surface area contributed by atoms with Gasteiger partial charge < -0.3 is 10.2 Å². The maximum atomic E-state index is 12.3. The first-order chi connectivity index (χ1) is 8.96. The second kappa shape index (κ2) is 5.28. The number of hydrogen-bond donors (Lipinski definition) is 1. The standard InChI is InChI=1S/C13H16BrN3O2/c1-13(12(19)15-2)6-7-17(8-13)11(18)9-4-3-5-10(14)16-9/h3-5H,6-8H2,1-2H3,(H,15,19). The van der Waals surface area contributed by atoms with Crippen molar-refractivity contribution in [2.45, 2.75) is 13.3 Å². The van der Waals surface area contributed by atoms with Crippen molar-refractivity contribution in [2.75, 3.05) is 20.1 Å². The van der Waals surface area contributed by atoms with Crippen LogP contribution in [0.5, 0.6) is 0 Å². The van der Waals surface area contributed by atoms with Gasteiger partial charge in [-0.15, -0.1) is 0 Å². The van der Waals surface area contributed by atoms with Crippen LogP contribution < -0.4 is 5.32 Å². The van der Waals surface area contributed by atoms with Crippen molar-refractivity contribution in [1.82, 2.24) is 15.2 Å². The molecule has 0 radical (unpaired) electrons. The Morgan fingerprint density at radius 2 is 2.21 bits per heavy atom. The summed E-state index contributed by atoms with van der Waals surface area (Å²) in [5, 5.41) is 2.66. The predicted molar refractivity (Wildman–Crippen MR) is 74.6 cm³/mol. The van der Waals surface area contributed by atoms with Gasteiger partial charge in [0.15, 0.2) is 0 Å². The van der Waals surface area contributed by atoms with Gasteiger partial charge in [0.25, 0.3) is 5.91 Å². The van der Waals surface area contributed by atoms with Gasteiger partial charge in [0.2, 0.25) is 5.91 Å². The summed E-state index contributed by atoms with van der Waals surface area (Å²) >= 11 is 3.25. The first-order valence-electron chi connectivity index (χ1n) is 6.10. The van der Waals surface area contributed by atoms with Gasteiger partial charge in [-0.25, -0.2) is 4.98 Å². The molecule has 6 heteroatoms. The number of rotatable bonds is 2. The molecule has 2 rings (SSSR count). The number of hydrogen-bond acceptors (Lipinski definition) is 3. The van der Waals surface area contributed by atoms with E-state index in [0.29, 0.717) is 29.8 Å². The van der Waals surface area contributed by atoms with E-state index in [1.807, 2.05) is 6.92 Å². The third kappa shape index (κ3) is 2.78. The lowest BCUT2D eigenvalue weighted by molar-refractivity contribution is -0.128. The van der Waals surface area contributed by atoms with Gasteiger partial charge in [-0.05, 0) is 41.4 Å². The quantitative estimate of drug-likeness (QED) is 0.837. The highest BCUT2D eigenvalue weighted by Crippen LogP contribution is 2.30. The van der Waals surface area contributed by atoms with E-state index < -0.39 is 5.41 Å². The fourth-order valence-corrected chi connectivity index (χ4v) is 2.65. The second-order valence-electron chi connectivity index (χ2n) is 4.96. The molecule has 0 aliphatic carbocycles. The molecule has 1 fully saturated rings. The topological polar surface area (TPSA) is 62.3 Å². The minimum atomic E-state index is -0.504. The Morgan fingerprint density at radius 3 is 2.84 bits per heavy atom. The van der Waals surface area contributed by atoms with Gasteiger partial charge in [-0.1, -0.05) is 6.07 Å². The van der Waals surface area contributed by atoms with Crippen molar-refractivity contribution < 1.29 is 9.59 Å². The number of amides is 2. The molecule has 1 aliphatic rings. The van der Waals surface area contributed by atoms with Gasteiger partial charge in [-0.2, -0.15) is 0 Å². The van der Waals surface area contributed by atoms with E-state index in [4.69, 9.17) is 0 Å². The van der Waals surface area contributed by atoms with Crippen molar-refractivity contribution in [3.8, 4) is 0 Å². The van der Waals surface area contributed by atoms with Crippen LogP contribution in [0, 0.1) is 5.41 Å². The second-order valence-corrected chi connectivity index (χ2v) is 5.77. The molecule has 1 unspecified atom stereocenters. The number of carbonyl (C=O) groups is 2. The van der Waals surface area contributed by atoms with E-state index in [0.717, 1.165) is 0 Å². The number of nitrogens with zero attached hydrogens (tertiary/aromatic N) is 2. The summed E-state index contributed by atoms with van der Waals surface area (Å²) in [6.45, 7) is 2.89. The van der Waals surface area contributed by atoms with Crippen LogP contribution in [0.4, 0.5) is 0 Å². The van der Waals surface area contributed by atoms with Crippen LogP contribution in [0.15, 0.2) is 22.8 Å². The first-order valence-corrected chi connectivity index (χ1v) is 6.89. The summed E-state index contributed by atoms with van der Waals surface area (Å²) in [6.07, 6.45) is 0.673. The highest BCUT2D eigenvalue weighted by molar-refractivity contribution is 9.10. The molecule has 0 aromatic carbocycles. The first kappa shape index (κ1) is 14.0. The Hall–Kier alpha value is -1.43. The molecule has 5 nitrogen and oxygen atoms in total. The lowest BCUT2D eigenvalue weighted by Gasteiger charge is -2.22. The van der Waals surface area contributed by atoms with E-state index >= 15 is 0 Å². The van der Waals surface area contributed by atoms with Crippen molar-refractivity contribution >= 4 is 27.7 Å². The molecule has 1 atom stereocenters. The Bertz CT molecular complexity index is 520. The average molecular weight is 326 g/mol. The number of halogens is 1. The van der Waals surface area contributed by atoms with Crippen LogP contribution in [0.25, 0.3) is 0 Å². The van der Waals surface area contributed by atoms with Crippen LogP contribution in [0.1, 0.15) is 23.8 Å². The van der Waals surface area contributed by atoms with Gasteiger partial charge in [0.05, 0.1) is 5.41 Å². The third-order valence-electron chi connectivity index (χ3n) is 3.47. The van der Waals surface area contributed by atoms with Crippen molar-refractivity contribution in [3.63, 3.8) is 0 Å². The lowest BCUT2D eigenvalue weighted by atomic mass is 9.89. The predicted octanol–water partition coefficient (Wildman–Crippen LogP) is 1.44. The van der Waals surface area contributed by atoms with Crippen LogP contribution in [-0.4, -0.2) is 41.8 Å². The van der Waals surface area contributed by atoms with Gasteiger partial charge >= 0.3 is 0 Å². The summed E-state index contributed by atoms with van der Waals surface area (Å²) in [5.74, 6) is -0.154. The summed E-state index contributed by atoms with van der Waals surface area (Å²) < 4.78 is 0.631. The smallest absolute Gasteiger partial charge is 0.272 e. The Balaban J connectivity index is 2.13. The zero-order valence-corrected chi connectivity index (χ0v) is 12.5. The maximum Gasteiger partial charge on any atom is 0.272 e. The largest absolute Gasteiger partial charge is 0.359 e. The van der Waals surface area contributed by atoms with Crippen LogP contribution >= 0.6 is 15.9 Å². The monoisotopic (exact) mass is 325 g/mol. The Kier molecular flexibility index (Phi) is 3.89. The van der Waals surface area contributed by atoms with Gasteiger partial charge in [0, 0.05) is 20.1 Å². The number of aromatic nitrogens is 1. The molecule has 1 aromatic heterocycles. The van der Waals surface area contributed by atoms with E-state index in [9.17, 15) is 9.59 Å². The minimum Gasteiger partial charge on any atom is -0.359 e. The summed E-state index contributed by atoms with van der Waals surface area (Å²) in [7, 11) is 1.62. The number of carbonyl (C=O) groups excluding carboxylic acids is 2. The molecule has 1 aliphatic heterocycles. The van der Waals surface area contributed by atoms with Crippen molar-refractivity contribution in [2.24, 2.45) is 5.41 Å². The normalized spacial score (nSPS) is 22.4. The zero-order valence-electron chi connectivity index (χ0n) is 10.9. The van der Waals surface area contributed by atoms with E-state index in [1.165, 1.54) is 0 Å². The summed E-state index contributed by atoms with van der Waals surface area (Å²) in [5.41, 5.74) is -0.105. The Labute approximate surface area is 120 Å². The fraction of sp³-hybridized carbons (Fsp3) is 0.462. The average Bonchev–Trinajstić information content (AvgIpc) is 2.81. The highest BCUT2D eigenvalue weighted by atomic mass is 79.9. The van der Waals surface area contributed by atoms with E-state index in [2.05, 4.69) is 26.2 Å². The number of nitrogens with one attached hydrogen (secondary N) is 1. The molecule has 2 amide bonds. The van der Waals surface area contributed by atoms with Crippen LogP contribution in [-0.2, 0) is 4.79 Å². The van der Waals surface area contributed by atoms with Crippen molar-refractivity contribution in [1.29, 1.82) is 0 Å². The van der Waals surface area contributed by atoms with Crippen molar-refractivity contribution in [3.05, 3.63) is 28.5 Å². The summed E-state index contributed by atoms with van der Waals surface area (Å²) in [4.78, 5) is 30.0. The fourth-order valence-electron chi connectivity index (χ4n) is 2.31. The lowest BCUT2D eigenvalue weighted by Crippen LogP contribution is -2.40. The van der Waals surface area contributed by atoms with Crippen LogP contribution in [0.2, 0.25) is 0 Å². The molecule has 0 spiro atoms. The molecule has 1 saturated heterocycles. The SMILES string of the molecule is CNC(=O)C1(C)CCN(C(=O)c2cccc(Br)n2)C1.